The maximum Gasteiger partial charge on any atom is 0.161 e. The second kappa shape index (κ2) is 28.9. The Labute approximate surface area is 618 Å². The molecule has 0 amide bonds. The molecule has 0 bridgehead atoms. The molecule has 8 aromatic rings. The summed E-state index contributed by atoms with van der Waals surface area (Å²) in [5, 5.41) is 0. The van der Waals surface area contributed by atoms with E-state index in [2.05, 4.69) is 208 Å². The van der Waals surface area contributed by atoms with Gasteiger partial charge in [0.05, 0.1) is 114 Å². The predicted octanol–water partition coefficient (Wildman–Crippen LogP) is 18.7. The monoisotopic (exact) mass is 1420 g/mol. The topological polar surface area (TPSA) is 148 Å². The molecule has 0 N–H and O–H groups in total. The third-order valence-corrected chi connectivity index (χ3v) is 23.0. The summed E-state index contributed by atoms with van der Waals surface area (Å²) in [6, 6.07) is 33.7. The predicted molar refractivity (Wildman–Crippen MR) is 413 cm³/mol. The van der Waals surface area contributed by atoms with Gasteiger partial charge in [0.1, 0.15) is 0 Å². The van der Waals surface area contributed by atoms with Crippen molar-refractivity contribution < 1.29 is 75.8 Å². The van der Waals surface area contributed by atoms with Crippen molar-refractivity contribution in [1.29, 1.82) is 0 Å². The number of benzene rings is 8. The summed E-state index contributed by atoms with van der Waals surface area (Å²) in [4.78, 5) is 0. The molecule has 0 aromatic heterocycles. The summed E-state index contributed by atoms with van der Waals surface area (Å²) < 4.78 is 89.0. The van der Waals surface area contributed by atoms with Crippen LogP contribution in [-0.2, 0) is 43.3 Å². The fourth-order valence-electron chi connectivity index (χ4n) is 16.5. The van der Waals surface area contributed by atoms with Gasteiger partial charge in [-0.15, -0.1) is 0 Å². The van der Waals surface area contributed by atoms with Crippen LogP contribution in [0.25, 0.3) is 0 Å². The van der Waals surface area contributed by atoms with Crippen molar-refractivity contribution >= 4 is 0 Å². The Morgan fingerprint density at radius 1 is 0.115 bits per heavy atom. The van der Waals surface area contributed by atoms with E-state index in [0.29, 0.717) is 0 Å². The van der Waals surface area contributed by atoms with E-state index in [1.807, 2.05) is 0 Å². The second-order valence-electron chi connectivity index (χ2n) is 31.0. The maximum atomic E-state index is 5.56. The molecule has 0 spiro atoms. The Hall–Kier alpha value is -9.44. The Balaban J connectivity index is 0.000000161. The number of methoxy groups -OCH3 is 16. The van der Waals surface area contributed by atoms with Gasteiger partial charge in [-0.3, -0.25) is 0 Å². The van der Waals surface area contributed by atoms with Crippen LogP contribution in [0.4, 0.5) is 0 Å². The molecule has 0 heterocycles. The zero-order valence-electron chi connectivity index (χ0n) is 67.8. The lowest BCUT2D eigenvalue weighted by atomic mass is 9.60. The first-order valence-corrected chi connectivity index (χ1v) is 35.0. The van der Waals surface area contributed by atoms with Gasteiger partial charge in [0.25, 0.3) is 0 Å². The number of rotatable bonds is 16. The standard InChI is InChI=1S/4C22H28O4/c4*1-21(2)13-9-17(23-5)19(25-7)11-15(13)22(3,4)16-12-20(26-8)18(24-6)10-14(16)21/h4*9-12H,1-8H3. The van der Waals surface area contributed by atoms with Crippen molar-refractivity contribution in [2.45, 2.75) is 154 Å². The van der Waals surface area contributed by atoms with Crippen LogP contribution in [0.2, 0.25) is 0 Å². The quantitative estimate of drug-likeness (QED) is 0.0902. The highest BCUT2D eigenvalue weighted by Gasteiger charge is 2.48. The zero-order valence-corrected chi connectivity index (χ0v) is 67.8. The van der Waals surface area contributed by atoms with Gasteiger partial charge < -0.3 is 75.8 Å². The van der Waals surface area contributed by atoms with Gasteiger partial charge in [-0.05, 0) is 186 Å². The molecule has 0 fully saturated rings. The number of hydrogen-bond donors (Lipinski definition) is 0. The number of hydrogen-bond acceptors (Lipinski definition) is 16. The van der Waals surface area contributed by atoms with Crippen molar-refractivity contribution in [3.8, 4) is 92.0 Å². The van der Waals surface area contributed by atoms with Crippen molar-refractivity contribution in [3.63, 3.8) is 0 Å². The van der Waals surface area contributed by atoms with Crippen LogP contribution in [0.1, 0.15) is 200 Å². The molecule has 4 aliphatic rings. The zero-order chi connectivity index (χ0) is 77.1. The largest absolute Gasteiger partial charge is 0.493 e. The first-order valence-electron chi connectivity index (χ1n) is 35.0. The smallest absolute Gasteiger partial charge is 0.161 e. The molecule has 0 atom stereocenters. The Kier molecular flexibility index (Phi) is 21.9. The average molecular weight is 1430 g/mol. The van der Waals surface area contributed by atoms with Gasteiger partial charge in [0.15, 0.2) is 92.0 Å². The molecular formula is C88H112O16. The van der Waals surface area contributed by atoms with E-state index in [9.17, 15) is 0 Å². The highest BCUT2D eigenvalue weighted by molar-refractivity contribution is 5.71. The Bertz CT molecular complexity index is 3420. The summed E-state index contributed by atoms with van der Waals surface area (Å²) in [5.74, 6) is 12.0. The van der Waals surface area contributed by atoms with E-state index in [1.54, 1.807) is 114 Å². The van der Waals surface area contributed by atoms with Gasteiger partial charge >= 0.3 is 0 Å². The van der Waals surface area contributed by atoms with Gasteiger partial charge in [-0.2, -0.15) is 0 Å². The molecule has 0 aliphatic heterocycles. The minimum atomic E-state index is -0.209. The van der Waals surface area contributed by atoms with Crippen molar-refractivity contribution in [2.24, 2.45) is 0 Å². The molecule has 560 valence electrons. The van der Waals surface area contributed by atoms with Gasteiger partial charge in [-0.25, -0.2) is 0 Å². The highest BCUT2D eigenvalue weighted by Crippen LogP contribution is 2.60. The van der Waals surface area contributed by atoms with Crippen molar-refractivity contribution in [1.82, 2.24) is 0 Å². The molecule has 4 aliphatic carbocycles. The molecule has 0 unspecified atom stereocenters. The highest BCUT2D eigenvalue weighted by atomic mass is 16.5. The Morgan fingerprint density at radius 2 is 0.163 bits per heavy atom. The van der Waals surface area contributed by atoms with Crippen molar-refractivity contribution in [2.75, 3.05) is 114 Å². The lowest BCUT2D eigenvalue weighted by Gasteiger charge is -2.44. The van der Waals surface area contributed by atoms with Gasteiger partial charge in [0.2, 0.25) is 0 Å². The van der Waals surface area contributed by atoms with Crippen LogP contribution < -0.4 is 75.8 Å². The van der Waals surface area contributed by atoms with Crippen LogP contribution in [0.3, 0.4) is 0 Å². The minimum absolute atomic E-state index is 0.209. The third kappa shape index (κ3) is 12.8. The molecule has 16 nitrogen and oxygen atoms in total. The SMILES string of the molecule is COc1cc2c(cc1OC)C(C)(C)c1cc(OC)c(OC)cc1C2(C)C.COc1cc2c(cc1OC)C(C)(C)c1cc(OC)c(OC)cc1C2(C)C.COc1cc2c(cc1OC)C(C)(C)c1cc(OC)c(OC)cc1C2(C)C.COc1cc2c(cc1OC)C(C)(C)c1cc(OC)c(OC)cc1C2(C)C. The molecule has 0 saturated heterocycles. The normalized spacial score (nSPS) is 16.3. The molecule has 8 aromatic carbocycles. The first-order chi connectivity index (χ1) is 48.9. The van der Waals surface area contributed by atoms with Crippen LogP contribution >= 0.6 is 0 Å². The molecule has 0 radical (unpaired) electrons. The van der Waals surface area contributed by atoms with E-state index in [0.717, 1.165) is 92.0 Å². The van der Waals surface area contributed by atoms with E-state index in [-0.39, 0.29) is 43.3 Å². The summed E-state index contributed by atoms with van der Waals surface area (Å²) in [5.41, 5.74) is 18.1. The van der Waals surface area contributed by atoms with Crippen LogP contribution in [0.15, 0.2) is 97.1 Å². The minimum Gasteiger partial charge on any atom is -0.493 e. The summed E-state index contributed by atoms with van der Waals surface area (Å²) in [6.45, 7) is 35.7. The molecular weight excluding hydrogens is 1310 g/mol. The van der Waals surface area contributed by atoms with Crippen LogP contribution in [0.5, 0.6) is 92.0 Å². The third-order valence-electron chi connectivity index (χ3n) is 23.0. The summed E-state index contributed by atoms with van der Waals surface area (Å²) in [6.07, 6.45) is 0. The van der Waals surface area contributed by atoms with E-state index in [1.165, 1.54) is 89.0 Å². The van der Waals surface area contributed by atoms with Crippen LogP contribution in [0, 0.1) is 0 Å². The van der Waals surface area contributed by atoms with E-state index < -0.39 is 0 Å². The lowest BCUT2D eigenvalue weighted by molar-refractivity contribution is 0.347. The fourth-order valence-corrected chi connectivity index (χ4v) is 16.5. The molecule has 16 heteroatoms. The van der Waals surface area contributed by atoms with Gasteiger partial charge in [-0.1, -0.05) is 111 Å². The first kappa shape index (κ1) is 78.7. The molecule has 12 rings (SSSR count). The Morgan fingerprint density at radius 3 is 0.202 bits per heavy atom. The van der Waals surface area contributed by atoms with E-state index in [4.69, 9.17) is 75.8 Å². The number of ether oxygens (including phenoxy) is 16. The summed E-state index contributed by atoms with van der Waals surface area (Å²) in [7, 11) is 26.8. The van der Waals surface area contributed by atoms with Crippen molar-refractivity contribution in [3.05, 3.63) is 186 Å². The molecule has 0 saturated carbocycles. The van der Waals surface area contributed by atoms with E-state index >= 15 is 0 Å². The summed E-state index contributed by atoms with van der Waals surface area (Å²) >= 11 is 0. The fraction of sp³-hybridized carbons (Fsp3) is 0.455. The average Bonchev–Trinajstić information content (AvgIpc) is 0.731. The number of fused-ring (bicyclic) bond motifs is 8. The van der Waals surface area contributed by atoms with Crippen LogP contribution in [-0.4, -0.2) is 114 Å². The molecule has 104 heavy (non-hydrogen) atoms. The lowest BCUT2D eigenvalue weighted by Crippen LogP contribution is -2.36. The maximum absolute atomic E-state index is 5.56. The van der Waals surface area contributed by atoms with Gasteiger partial charge in [0, 0.05) is 43.3 Å². The second-order valence-corrected chi connectivity index (χ2v) is 31.0.